The molecule has 0 radical (unpaired) electrons. The Morgan fingerprint density at radius 3 is 2.52 bits per heavy atom. The van der Waals surface area contributed by atoms with Crippen molar-refractivity contribution in [1.82, 2.24) is 5.32 Å². The normalized spacial score (nSPS) is 12.0. The molecule has 0 spiro atoms. The van der Waals surface area contributed by atoms with Crippen molar-refractivity contribution in [2.75, 3.05) is 11.9 Å². The maximum atomic E-state index is 13.4. The highest BCUT2D eigenvalue weighted by molar-refractivity contribution is 5.89. The van der Waals surface area contributed by atoms with Gasteiger partial charge in [0.1, 0.15) is 28.8 Å². The third-order valence-corrected chi connectivity index (χ3v) is 3.34. The molecule has 1 atom stereocenters. The Hall–Kier alpha value is -2.41. The van der Waals surface area contributed by atoms with Crippen LogP contribution in [0.4, 0.5) is 19.3 Å². The van der Waals surface area contributed by atoms with Crippen LogP contribution < -0.4 is 10.6 Å². The van der Waals surface area contributed by atoms with Crippen LogP contribution in [0.1, 0.15) is 29.6 Å². The molecule has 1 aromatic heterocycles. The molecule has 3 N–H and O–H groups in total. The zero-order valence-corrected chi connectivity index (χ0v) is 12.8. The minimum absolute atomic E-state index is 0.132. The number of para-hydroxylation sites is 1. The fourth-order valence-corrected chi connectivity index (χ4v) is 2.23. The van der Waals surface area contributed by atoms with Crippen molar-refractivity contribution in [3.63, 3.8) is 0 Å². The highest BCUT2D eigenvalue weighted by Crippen LogP contribution is 2.23. The van der Waals surface area contributed by atoms with Crippen LogP contribution in [0.25, 0.3) is 0 Å². The number of aryl methyl sites for hydroxylation is 2. The number of carbonyl (C=O) groups is 1. The van der Waals surface area contributed by atoms with Crippen LogP contribution in [0, 0.1) is 25.5 Å². The van der Waals surface area contributed by atoms with Crippen LogP contribution in [0.3, 0.4) is 0 Å². The number of rotatable bonds is 5. The molecular weight excluding hydrogens is 306 g/mol. The van der Waals surface area contributed by atoms with E-state index in [2.05, 4.69) is 10.6 Å². The van der Waals surface area contributed by atoms with E-state index in [1.165, 1.54) is 6.07 Å². The van der Waals surface area contributed by atoms with Crippen LogP contribution in [0.5, 0.6) is 0 Å². The molecule has 0 aliphatic carbocycles. The van der Waals surface area contributed by atoms with Gasteiger partial charge in [0.05, 0.1) is 6.10 Å². The van der Waals surface area contributed by atoms with Crippen LogP contribution in [0.15, 0.2) is 28.7 Å². The van der Waals surface area contributed by atoms with E-state index in [0.29, 0.717) is 17.1 Å². The number of halogens is 2. The Labute approximate surface area is 132 Å². The predicted octanol–water partition coefficient (Wildman–Crippen LogP) is 3.42. The largest absolute Gasteiger partial charge is 0.466 e. The van der Waals surface area contributed by atoms with Gasteiger partial charge in [0.15, 0.2) is 0 Å². The van der Waals surface area contributed by atoms with Crippen molar-refractivity contribution >= 4 is 11.7 Å². The second kappa shape index (κ2) is 7.23. The van der Waals surface area contributed by atoms with Crippen molar-refractivity contribution in [2.24, 2.45) is 0 Å². The van der Waals surface area contributed by atoms with Crippen molar-refractivity contribution in [1.29, 1.82) is 0 Å². The van der Waals surface area contributed by atoms with Crippen LogP contribution in [-0.4, -0.2) is 17.7 Å². The molecule has 2 amide bonds. The Morgan fingerprint density at radius 1 is 1.30 bits per heavy atom. The smallest absolute Gasteiger partial charge is 0.319 e. The molecule has 0 unspecified atom stereocenters. The minimum atomic E-state index is -0.857. The van der Waals surface area contributed by atoms with Gasteiger partial charge in [-0.2, -0.15) is 0 Å². The Balaban J connectivity index is 1.84. The van der Waals surface area contributed by atoms with Gasteiger partial charge >= 0.3 is 6.03 Å². The number of furan rings is 1. The molecule has 124 valence electrons. The maximum absolute atomic E-state index is 13.4. The Morgan fingerprint density at radius 2 is 1.96 bits per heavy atom. The predicted molar refractivity (Wildman–Crippen MR) is 81.1 cm³/mol. The number of benzene rings is 1. The van der Waals surface area contributed by atoms with Gasteiger partial charge in [0.25, 0.3) is 0 Å². The van der Waals surface area contributed by atoms with Crippen molar-refractivity contribution in [2.45, 2.75) is 26.4 Å². The SMILES string of the molecule is Cc1cc([C@@H](O)CCNC(=O)Nc2c(F)cccc2F)c(C)o1. The molecule has 0 saturated heterocycles. The molecule has 2 rings (SSSR count). The van der Waals surface area contributed by atoms with Crippen LogP contribution in [0.2, 0.25) is 0 Å². The molecule has 0 bridgehead atoms. The molecule has 1 aromatic carbocycles. The standard InChI is InChI=1S/C16H18F2N2O3/c1-9-8-11(10(2)23-9)14(21)6-7-19-16(22)20-15-12(17)4-3-5-13(15)18/h3-5,8,14,21H,6-7H2,1-2H3,(H2,19,20,22)/t14-/m0/s1. The third-order valence-electron chi connectivity index (χ3n) is 3.34. The van der Waals surface area contributed by atoms with E-state index in [9.17, 15) is 18.7 Å². The number of nitrogens with one attached hydrogen (secondary N) is 2. The summed E-state index contributed by atoms with van der Waals surface area (Å²) in [6.07, 6.45) is -0.551. The summed E-state index contributed by atoms with van der Waals surface area (Å²) in [6, 6.07) is 4.29. The third kappa shape index (κ3) is 4.29. The van der Waals surface area contributed by atoms with Crippen LogP contribution >= 0.6 is 0 Å². The van der Waals surface area contributed by atoms with Crippen LogP contribution in [-0.2, 0) is 0 Å². The lowest BCUT2D eigenvalue weighted by atomic mass is 10.1. The molecule has 0 fully saturated rings. The van der Waals surface area contributed by atoms with Gasteiger partial charge < -0.3 is 20.2 Å². The molecule has 0 aliphatic rings. The first-order valence-electron chi connectivity index (χ1n) is 7.12. The fourth-order valence-electron chi connectivity index (χ4n) is 2.23. The summed E-state index contributed by atoms with van der Waals surface area (Å²) in [4.78, 5) is 11.7. The molecule has 0 saturated carbocycles. The first-order chi connectivity index (χ1) is 10.9. The summed E-state index contributed by atoms with van der Waals surface area (Å²) in [6.45, 7) is 3.65. The van der Waals surface area contributed by atoms with E-state index in [0.717, 1.165) is 12.1 Å². The van der Waals surface area contributed by atoms with Crippen molar-refractivity contribution in [3.8, 4) is 0 Å². The van der Waals surface area contributed by atoms with Gasteiger partial charge in [-0.3, -0.25) is 0 Å². The van der Waals surface area contributed by atoms with Crippen molar-refractivity contribution in [3.05, 3.63) is 53.0 Å². The lowest BCUT2D eigenvalue weighted by Crippen LogP contribution is -2.31. The number of aliphatic hydroxyl groups excluding tert-OH is 1. The molecule has 1 heterocycles. The van der Waals surface area contributed by atoms with E-state index < -0.39 is 29.5 Å². The van der Waals surface area contributed by atoms with Gasteiger partial charge in [0.2, 0.25) is 0 Å². The van der Waals surface area contributed by atoms with Crippen molar-refractivity contribution < 1.29 is 23.1 Å². The monoisotopic (exact) mass is 324 g/mol. The number of hydrogen-bond acceptors (Lipinski definition) is 3. The summed E-state index contributed by atoms with van der Waals surface area (Å²) >= 11 is 0. The second-order valence-corrected chi connectivity index (χ2v) is 5.15. The number of amides is 2. The van der Waals surface area contributed by atoms with Gasteiger partial charge in [-0.1, -0.05) is 6.07 Å². The number of aliphatic hydroxyl groups is 1. The summed E-state index contributed by atoms with van der Waals surface area (Å²) in [5.41, 5.74) is 0.150. The number of urea groups is 1. The quantitative estimate of drug-likeness (QED) is 0.789. The second-order valence-electron chi connectivity index (χ2n) is 5.15. The average Bonchev–Trinajstić information content (AvgIpc) is 2.82. The van der Waals surface area contributed by atoms with Gasteiger partial charge in [-0.25, -0.2) is 13.6 Å². The average molecular weight is 324 g/mol. The van der Waals surface area contributed by atoms with E-state index in [1.807, 2.05) is 0 Å². The molecule has 2 aromatic rings. The van der Waals surface area contributed by atoms with Gasteiger partial charge in [-0.15, -0.1) is 0 Å². The summed E-state index contributed by atoms with van der Waals surface area (Å²) < 4.78 is 32.1. The first-order valence-corrected chi connectivity index (χ1v) is 7.12. The zero-order chi connectivity index (χ0) is 17.0. The van der Waals surface area contributed by atoms with Gasteiger partial charge in [0, 0.05) is 12.1 Å². The number of hydrogen-bond donors (Lipinski definition) is 3. The molecule has 0 aliphatic heterocycles. The number of carbonyl (C=O) groups excluding carboxylic acids is 1. The Kier molecular flexibility index (Phi) is 5.33. The van der Waals surface area contributed by atoms with E-state index in [4.69, 9.17) is 4.42 Å². The molecular formula is C16H18F2N2O3. The Bertz CT molecular complexity index is 680. The zero-order valence-electron chi connectivity index (χ0n) is 12.8. The highest BCUT2D eigenvalue weighted by atomic mass is 19.1. The molecule has 5 nitrogen and oxygen atoms in total. The highest BCUT2D eigenvalue weighted by Gasteiger charge is 2.15. The molecule has 7 heteroatoms. The van der Waals surface area contributed by atoms with E-state index in [-0.39, 0.29) is 13.0 Å². The topological polar surface area (TPSA) is 74.5 Å². The van der Waals surface area contributed by atoms with E-state index in [1.54, 1.807) is 19.9 Å². The summed E-state index contributed by atoms with van der Waals surface area (Å²) in [5.74, 6) is -0.403. The summed E-state index contributed by atoms with van der Waals surface area (Å²) in [7, 11) is 0. The first kappa shape index (κ1) is 17.0. The van der Waals surface area contributed by atoms with Gasteiger partial charge in [-0.05, 0) is 38.5 Å². The fraction of sp³-hybridized carbons (Fsp3) is 0.312. The number of anilines is 1. The summed E-state index contributed by atoms with van der Waals surface area (Å²) in [5, 5.41) is 14.6. The maximum Gasteiger partial charge on any atom is 0.319 e. The lowest BCUT2D eigenvalue weighted by molar-refractivity contribution is 0.165. The molecule has 23 heavy (non-hydrogen) atoms. The van der Waals surface area contributed by atoms with E-state index >= 15 is 0 Å². The minimum Gasteiger partial charge on any atom is -0.466 e. The lowest BCUT2D eigenvalue weighted by Gasteiger charge is -2.12.